The van der Waals surface area contributed by atoms with Gasteiger partial charge in [0.2, 0.25) is 0 Å². The Kier molecular flexibility index (Phi) is 3.02. The van der Waals surface area contributed by atoms with Crippen LogP contribution < -0.4 is 0 Å². The van der Waals surface area contributed by atoms with Crippen LogP contribution in [0.25, 0.3) is 0 Å². The van der Waals surface area contributed by atoms with Gasteiger partial charge in [0.25, 0.3) is 0 Å². The zero-order valence-corrected chi connectivity index (χ0v) is 9.16. The fraction of sp³-hybridized carbons (Fsp3) is 0.167. The van der Waals surface area contributed by atoms with Crippen molar-refractivity contribution in [3.05, 3.63) is 16.4 Å². The van der Waals surface area contributed by atoms with Crippen LogP contribution in [0.5, 0.6) is 0 Å². The highest BCUT2D eigenvalue weighted by atomic mass is 35.5. The minimum atomic E-state index is -0.0898. The van der Waals surface area contributed by atoms with E-state index in [1.807, 2.05) is 0 Å². The van der Waals surface area contributed by atoms with Crippen LogP contribution in [0.1, 0.15) is 4.88 Å². The van der Waals surface area contributed by atoms with Crippen LogP contribution in [0.15, 0.2) is 15.8 Å². The molecule has 0 atom stereocenters. The van der Waals surface area contributed by atoms with Crippen LogP contribution in [-0.2, 0) is 6.61 Å². The number of nitrogens with one attached hydrogen (secondary N) is 1. The monoisotopic (exact) mass is 248 g/mol. The molecule has 14 heavy (non-hydrogen) atoms. The molecule has 0 bridgehead atoms. The highest BCUT2D eigenvalue weighted by Crippen LogP contribution is 2.32. The van der Waals surface area contributed by atoms with Gasteiger partial charge in [0.1, 0.15) is 11.5 Å². The maximum absolute atomic E-state index is 8.90. The Morgan fingerprint density at radius 1 is 1.64 bits per heavy atom. The molecule has 0 aromatic carbocycles. The lowest BCUT2D eigenvalue weighted by molar-refractivity contribution is 0.285. The van der Waals surface area contributed by atoms with Gasteiger partial charge in [0.05, 0.1) is 11.5 Å². The first-order valence-corrected chi connectivity index (χ1v) is 5.60. The number of hydrogen-bond donors (Lipinski definition) is 2. The maximum atomic E-state index is 8.90. The molecule has 2 N–H and O–H groups in total. The Morgan fingerprint density at radius 2 is 2.50 bits per heavy atom. The van der Waals surface area contributed by atoms with Gasteiger partial charge in [-0.1, -0.05) is 11.6 Å². The minimum Gasteiger partial charge on any atom is -0.391 e. The highest BCUT2D eigenvalue weighted by Gasteiger charge is 2.10. The van der Waals surface area contributed by atoms with Crippen LogP contribution in [0.4, 0.5) is 0 Å². The highest BCUT2D eigenvalue weighted by molar-refractivity contribution is 8.00. The van der Waals surface area contributed by atoms with Crippen molar-refractivity contribution in [2.45, 2.75) is 16.1 Å². The normalized spacial score (nSPS) is 10.7. The first-order chi connectivity index (χ1) is 6.79. The summed E-state index contributed by atoms with van der Waals surface area (Å²) in [7, 11) is 0. The molecule has 2 rings (SSSR count). The van der Waals surface area contributed by atoms with E-state index in [0.717, 1.165) is 4.34 Å². The van der Waals surface area contributed by atoms with Gasteiger partial charge in [0.15, 0.2) is 9.50 Å². The molecule has 2 heterocycles. The first kappa shape index (κ1) is 9.91. The number of H-pyrrole nitrogens is 1. The minimum absolute atomic E-state index is 0.0898. The van der Waals surface area contributed by atoms with E-state index < -0.39 is 0 Å². The third-order valence-electron chi connectivity index (χ3n) is 1.35. The number of nitrogens with zero attached hydrogens (tertiary/aromatic N) is 3. The number of aliphatic hydroxyl groups excluding tert-OH is 1. The molecular formula is C6H5ClN4OS2. The van der Waals surface area contributed by atoms with Gasteiger partial charge in [-0.15, -0.1) is 11.3 Å². The summed E-state index contributed by atoms with van der Waals surface area (Å²) in [5.74, 6) is 0. The molecule has 0 aliphatic rings. The molecule has 74 valence electrons. The van der Waals surface area contributed by atoms with Gasteiger partial charge in [-0.25, -0.2) is 9.97 Å². The fourth-order valence-electron chi connectivity index (χ4n) is 0.780. The van der Waals surface area contributed by atoms with E-state index in [4.69, 9.17) is 16.7 Å². The average molecular weight is 249 g/mol. The van der Waals surface area contributed by atoms with E-state index in [9.17, 15) is 0 Å². The molecule has 0 spiro atoms. The summed E-state index contributed by atoms with van der Waals surface area (Å²) in [6, 6.07) is 0. The summed E-state index contributed by atoms with van der Waals surface area (Å²) in [4.78, 5) is 8.65. The number of aromatic amines is 1. The largest absolute Gasteiger partial charge is 0.391 e. The smallest absolute Gasteiger partial charge is 0.190 e. The Balaban J connectivity index is 2.17. The number of halogens is 1. The summed E-state index contributed by atoms with van der Waals surface area (Å²) in [5.41, 5.74) is 0. The summed E-state index contributed by atoms with van der Waals surface area (Å²) in [5, 5.41) is 16.3. The van der Waals surface area contributed by atoms with Crippen LogP contribution in [0.3, 0.4) is 0 Å². The lowest BCUT2D eigenvalue weighted by Gasteiger charge is -1.87. The Bertz CT molecular complexity index is 415. The third-order valence-corrected chi connectivity index (χ3v) is 3.77. The van der Waals surface area contributed by atoms with Gasteiger partial charge in [-0.05, 0) is 11.8 Å². The van der Waals surface area contributed by atoms with E-state index in [1.165, 1.54) is 29.4 Å². The molecule has 2 aromatic rings. The Morgan fingerprint density at radius 3 is 3.07 bits per heavy atom. The summed E-state index contributed by atoms with van der Waals surface area (Å²) < 4.78 is 0.732. The molecular weight excluding hydrogens is 244 g/mol. The van der Waals surface area contributed by atoms with Crippen molar-refractivity contribution in [1.82, 2.24) is 20.2 Å². The SMILES string of the molecule is OCc1sc(Sc2ncn[nH]2)nc1Cl. The molecule has 5 nitrogen and oxygen atoms in total. The van der Waals surface area contributed by atoms with Crippen molar-refractivity contribution in [2.75, 3.05) is 0 Å². The Hall–Kier alpha value is -0.630. The molecule has 0 saturated carbocycles. The maximum Gasteiger partial charge on any atom is 0.190 e. The van der Waals surface area contributed by atoms with Gasteiger partial charge in [-0.3, -0.25) is 5.10 Å². The lowest BCUT2D eigenvalue weighted by Crippen LogP contribution is -1.75. The number of hydrogen-bond acceptors (Lipinski definition) is 6. The molecule has 2 aromatic heterocycles. The van der Waals surface area contributed by atoms with Gasteiger partial charge < -0.3 is 5.11 Å². The summed E-state index contributed by atoms with van der Waals surface area (Å²) in [6.45, 7) is -0.0898. The zero-order chi connectivity index (χ0) is 9.97. The molecule has 8 heteroatoms. The van der Waals surface area contributed by atoms with Crippen molar-refractivity contribution in [3.8, 4) is 0 Å². The van der Waals surface area contributed by atoms with Crippen molar-refractivity contribution in [3.63, 3.8) is 0 Å². The topological polar surface area (TPSA) is 74.7 Å². The second-order valence-electron chi connectivity index (χ2n) is 2.24. The van der Waals surface area contributed by atoms with Crippen molar-refractivity contribution >= 4 is 34.7 Å². The van der Waals surface area contributed by atoms with E-state index >= 15 is 0 Å². The molecule has 0 saturated heterocycles. The summed E-state index contributed by atoms with van der Waals surface area (Å²) >= 11 is 8.43. The average Bonchev–Trinajstić information content (AvgIpc) is 2.76. The third kappa shape index (κ3) is 2.06. The quantitative estimate of drug-likeness (QED) is 0.862. The second kappa shape index (κ2) is 4.26. The second-order valence-corrected chi connectivity index (χ2v) is 4.92. The lowest BCUT2D eigenvalue weighted by atomic mass is 10.6. The molecule has 0 aliphatic carbocycles. The number of aliphatic hydroxyl groups is 1. The standard InChI is InChI=1S/C6H5ClN4OS2/c7-4-3(1-12)13-6(10-4)14-5-8-2-9-11-5/h2,12H,1H2,(H,8,9,11). The van der Waals surface area contributed by atoms with E-state index in [1.54, 1.807) is 0 Å². The fourth-order valence-corrected chi connectivity index (χ4v) is 2.89. The van der Waals surface area contributed by atoms with Crippen LogP contribution in [0.2, 0.25) is 5.15 Å². The number of thiazole rings is 1. The van der Waals surface area contributed by atoms with Gasteiger partial charge >= 0.3 is 0 Å². The van der Waals surface area contributed by atoms with Gasteiger partial charge in [0, 0.05) is 0 Å². The van der Waals surface area contributed by atoms with Crippen LogP contribution in [0, 0.1) is 0 Å². The number of aromatic nitrogens is 4. The molecule has 0 aliphatic heterocycles. The molecule has 0 amide bonds. The van der Waals surface area contributed by atoms with Crippen LogP contribution >= 0.6 is 34.7 Å². The summed E-state index contributed by atoms with van der Waals surface area (Å²) in [6.07, 6.45) is 1.42. The molecule has 0 radical (unpaired) electrons. The van der Waals surface area contributed by atoms with Crippen molar-refractivity contribution in [2.24, 2.45) is 0 Å². The number of rotatable bonds is 3. The van der Waals surface area contributed by atoms with Crippen LogP contribution in [-0.4, -0.2) is 25.3 Å². The van der Waals surface area contributed by atoms with Crippen molar-refractivity contribution < 1.29 is 5.11 Å². The molecule has 0 fully saturated rings. The Labute approximate surface area is 92.6 Å². The van der Waals surface area contributed by atoms with Gasteiger partial charge in [-0.2, -0.15) is 5.10 Å². The van der Waals surface area contributed by atoms with Crippen molar-refractivity contribution in [1.29, 1.82) is 0 Å². The van der Waals surface area contributed by atoms with E-state index in [2.05, 4.69) is 20.2 Å². The zero-order valence-electron chi connectivity index (χ0n) is 6.77. The predicted molar refractivity (Wildman–Crippen MR) is 53.6 cm³/mol. The van der Waals surface area contributed by atoms with E-state index in [-0.39, 0.29) is 6.61 Å². The molecule has 0 unspecified atom stereocenters. The van der Waals surface area contributed by atoms with E-state index in [0.29, 0.717) is 15.2 Å². The predicted octanol–water partition coefficient (Wildman–Crippen LogP) is 1.56. The first-order valence-electron chi connectivity index (χ1n) is 3.59.